The highest BCUT2D eigenvalue weighted by atomic mass is 19.1. The van der Waals surface area contributed by atoms with E-state index in [0.717, 1.165) is 30.9 Å². The van der Waals surface area contributed by atoms with Gasteiger partial charge in [0, 0.05) is 25.7 Å². The zero-order valence-corrected chi connectivity index (χ0v) is 11.7. The average molecular weight is 254 g/mol. The third kappa shape index (κ3) is 4.58. The number of hydrogen-bond acceptors (Lipinski definition) is 4. The third-order valence-electron chi connectivity index (χ3n) is 2.74. The van der Waals surface area contributed by atoms with Crippen molar-refractivity contribution in [2.75, 3.05) is 46.2 Å². The molecule has 1 heterocycles. The summed E-state index contributed by atoms with van der Waals surface area (Å²) >= 11 is 0. The number of nitrogens with one attached hydrogen (secondary N) is 1. The van der Waals surface area contributed by atoms with E-state index < -0.39 is 0 Å². The fraction of sp³-hybridized carbons (Fsp3) is 0.615. The van der Waals surface area contributed by atoms with Crippen molar-refractivity contribution in [1.29, 1.82) is 0 Å². The van der Waals surface area contributed by atoms with Crippen LogP contribution in [0.3, 0.4) is 0 Å². The zero-order valence-electron chi connectivity index (χ0n) is 11.7. The first kappa shape index (κ1) is 14.9. The van der Waals surface area contributed by atoms with Gasteiger partial charge in [-0.2, -0.15) is 0 Å². The second-order valence-electron chi connectivity index (χ2n) is 4.74. The SMILES string of the molecule is CNCc1cc(F)cnc1N(C)CCCN(C)C. The number of halogens is 1. The van der Waals surface area contributed by atoms with Gasteiger partial charge in [-0.3, -0.25) is 0 Å². The van der Waals surface area contributed by atoms with Crippen molar-refractivity contribution in [1.82, 2.24) is 15.2 Å². The monoisotopic (exact) mass is 254 g/mol. The van der Waals surface area contributed by atoms with Gasteiger partial charge in [0.2, 0.25) is 0 Å². The molecule has 0 saturated carbocycles. The minimum Gasteiger partial charge on any atom is -0.359 e. The molecule has 0 aliphatic heterocycles. The molecule has 0 atom stereocenters. The minimum atomic E-state index is -0.286. The maximum atomic E-state index is 13.2. The quantitative estimate of drug-likeness (QED) is 0.795. The van der Waals surface area contributed by atoms with Crippen molar-refractivity contribution >= 4 is 5.82 Å². The lowest BCUT2D eigenvalue weighted by atomic mass is 10.2. The summed E-state index contributed by atoms with van der Waals surface area (Å²) in [6.07, 6.45) is 2.33. The van der Waals surface area contributed by atoms with E-state index in [1.54, 1.807) is 6.07 Å². The molecule has 1 rings (SSSR count). The van der Waals surface area contributed by atoms with E-state index in [1.807, 2.05) is 14.1 Å². The van der Waals surface area contributed by atoms with E-state index in [2.05, 4.69) is 34.2 Å². The van der Waals surface area contributed by atoms with Gasteiger partial charge in [0.1, 0.15) is 11.6 Å². The molecule has 0 aromatic carbocycles. The molecule has 0 aliphatic rings. The highest BCUT2D eigenvalue weighted by molar-refractivity contribution is 5.46. The number of nitrogens with zero attached hydrogens (tertiary/aromatic N) is 3. The van der Waals surface area contributed by atoms with Crippen molar-refractivity contribution in [2.24, 2.45) is 0 Å². The molecule has 1 aromatic rings. The predicted octanol–water partition coefficient (Wildman–Crippen LogP) is 1.33. The standard InChI is InChI=1S/C13H23FN4/c1-15-9-11-8-12(14)10-16-13(11)18(4)7-5-6-17(2)3/h8,10,15H,5-7,9H2,1-4H3. The van der Waals surface area contributed by atoms with Gasteiger partial charge in [-0.25, -0.2) is 9.37 Å². The van der Waals surface area contributed by atoms with Crippen LogP contribution in [0.15, 0.2) is 12.3 Å². The Balaban J connectivity index is 2.68. The number of pyridine rings is 1. The normalized spacial score (nSPS) is 11.0. The summed E-state index contributed by atoms with van der Waals surface area (Å²) in [5.74, 6) is 0.565. The van der Waals surface area contributed by atoms with E-state index >= 15 is 0 Å². The molecule has 0 aliphatic carbocycles. The summed E-state index contributed by atoms with van der Waals surface area (Å²) in [4.78, 5) is 8.42. The Labute approximate surface area is 109 Å². The fourth-order valence-corrected chi connectivity index (χ4v) is 1.87. The van der Waals surface area contributed by atoms with Gasteiger partial charge in [0.15, 0.2) is 0 Å². The summed E-state index contributed by atoms with van der Waals surface area (Å²) < 4.78 is 13.2. The summed E-state index contributed by atoms with van der Waals surface area (Å²) in [6.45, 7) is 2.57. The van der Waals surface area contributed by atoms with E-state index in [0.29, 0.717) is 6.54 Å². The largest absolute Gasteiger partial charge is 0.359 e. The molecule has 0 bridgehead atoms. The molecule has 18 heavy (non-hydrogen) atoms. The first-order chi connectivity index (χ1) is 8.54. The summed E-state index contributed by atoms with van der Waals surface area (Å²) in [5.41, 5.74) is 0.893. The smallest absolute Gasteiger partial charge is 0.141 e. The lowest BCUT2D eigenvalue weighted by Gasteiger charge is -2.22. The van der Waals surface area contributed by atoms with Crippen molar-refractivity contribution in [3.8, 4) is 0 Å². The second-order valence-corrected chi connectivity index (χ2v) is 4.74. The van der Waals surface area contributed by atoms with E-state index in [-0.39, 0.29) is 5.82 Å². The second kappa shape index (κ2) is 7.28. The molecule has 0 radical (unpaired) electrons. The summed E-state index contributed by atoms with van der Waals surface area (Å²) in [5, 5.41) is 3.04. The molecule has 0 saturated heterocycles. The Morgan fingerprint density at radius 3 is 2.61 bits per heavy atom. The van der Waals surface area contributed by atoms with Crippen LogP contribution in [0.5, 0.6) is 0 Å². The topological polar surface area (TPSA) is 31.4 Å². The maximum Gasteiger partial charge on any atom is 0.141 e. The Morgan fingerprint density at radius 2 is 2.00 bits per heavy atom. The van der Waals surface area contributed by atoms with Crippen LogP contribution in [0.2, 0.25) is 0 Å². The van der Waals surface area contributed by atoms with Gasteiger partial charge >= 0.3 is 0 Å². The van der Waals surface area contributed by atoms with Gasteiger partial charge < -0.3 is 15.1 Å². The van der Waals surface area contributed by atoms with Gasteiger partial charge in [0.05, 0.1) is 6.20 Å². The van der Waals surface area contributed by atoms with Crippen LogP contribution in [-0.2, 0) is 6.54 Å². The van der Waals surface area contributed by atoms with Crippen molar-refractivity contribution in [2.45, 2.75) is 13.0 Å². The van der Waals surface area contributed by atoms with E-state index in [1.165, 1.54) is 6.20 Å². The number of anilines is 1. The van der Waals surface area contributed by atoms with E-state index in [9.17, 15) is 4.39 Å². The van der Waals surface area contributed by atoms with Gasteiger partial charge in [-0.05, 0) is 40.2 Å². The molecule has 0 amide bonds. The Morgan fingerprint density at radius 1 is 1.28 bits per heavy atom. The van der Waals surface area contributed by atoms with Gasteiger partial charge in [-0.1, -0.05) is 0 Å². The summed E-state index contributed by atoms with van der Waals surface area (Å²) in [7, 11) is 7.96. The summed E-state index contributed by atoms with van der Waals surface area (Å²) in [6, 6.07) is 1.54. The number of hydrogen-bond donors (Lipinski definition) is 1. The van der Waals surface area contributed by atoms with Crippen LogP contribution in [0.1, 0.15) is 12.0 Å². The Bertz CT molecular complexity index is 368. The van der Waals surface area contributed by atoms with Crippen LogP contribution in [0, 0.1) is 5.82 Å². The first-order valence-corrected chi connectivity index (χ1v) is 6.19. The maximum absolute atomic E-state index is 13.2. The average Bonchev–Trinajstić information content (AvgIpc) is 2.29. The lowest BCUT2D eigenvalue weighted by Crippen LogP contribution is -2.25. The van der Waals surface area contributed by atoms with Crippen LogP contribution in [0.4, 0.5) is 10.2 Å². The molecular weight excluding hydrogens is 231 g/mol. The molecule has 0 spiro atoms. The van der Waals surface area contributed by atoms with Gasteiger partial charge in [-0.15, -0.1) is 0 Å². The molecule has 102 valence electrons. The predicted molar refractivity (Wildman–Crippen MR) is 73.4 cm³/mol. The molecule has 1 N–H and O–H groups in total. The van der Waals surface area contributed by atoms with Crippen LogP contribution in [-0.4, -0.2) is 51.2 Å². The lowest BCUT2D eigenvalue weighted by molar-refractivity contribution is 0.401. The fourth-order valence-electron chi connectivity index (χ4n) is 1.87. The van der Waals surface area contributed by atoms with Gasteiger partial charge in [0.25, 0.3) is 0 Å². The Hall–Kier alpha value is -1.20. The highest BCUT2D eigenvalue weighted by Gasteiger charge is 2.09. The van der Waals surface area contributed by atoms with E-state index in [4.69, 9.17) is 0 Å². The van der Waals surface area contributed by atoms with Crippen LogP contribution in [0.25, 0.3) is 0 Å². The van der Waals surface area contributed by atoms with Crippen molar-refractivity contribution < 1.29 is 4.39 Å². The third-order valence-corrected chi connectivity index (χ3v) is 2.74. The molecule has 0 unspecified atom stereocenters. The van der Waals surface area contributed by atoms with Crippen molar-refractivity contribution in [3.63, 3.8) is 0 Å². The number of rotatable bonds is 7. The van der Waals surface area contributed by atoms with Crippen LogP contribution >= 0.6 is 0 Å². The zero-order chi connectivity index (χ0) is 13.5. The van der Waals surface area contributed by atoms with Crippen molar-refractivity contribution in [3.05, 3.63) is 23.6 Å². The highest BCUT2D eigenvalue weighted by Crippen LogP contribution is 2.17. The molecule has 1 aromatic heterocycles. The first-order valence-electron chi connectivity index (χ1n) is 6.19. The minimum absolute atomic E-state index is 0.286. The Kier molecular flexibility index (Phi) is 6.01. The molecule has 4 nitrogen and oxygen atoms in total. The van der Waals surface area contributed by atoms with Crippen LogP contribution < -0.4 is 10.2 Å². The molecule has 5 heteroatoms. The molecule has 0 fully saturated rings. The number of aromatic nitrogens is 1. The molecular formula is C13H23FN4.